The Hall–Kier alpha value is -3.07. The van der Waals surface area contributed by atoms with Crippen molar-refractivity contribution in [1.29, 1.82) is 0 Å². The molecular formula is C19H19NO7S. The first-order valence-corrected chi connectivity index (χ1v) is 9.93. The van der Waals surface area contributed by atoms with E-state index in [1.807, 2.05) is 6.92 Å². The summed E-state index contributed by atoms with van der Waals surface area (Å²) in [4.78, 5) is 23.6. The number of hydrogen-bond donors (Lipinski definition) is 1. The second-order valence-electron chi connectivity index (χ2n) is 6.19. The summed E-state index contributed by atoms with van der Waals surface area (Å²) in [5, 5.41) is 0. The smallest absolute Gasteiger partial charge is 0.347 e. The average molecular weight is 405 g/mol. The number of ether oxygens (including phenoxy) is 3. The maximum atomic E-state index is 12.8. The highest BCUT2D eigenvalue weighted by Gasteiger charge is 2.31. The Labute approximate surface area is 162 Å². The molecule has 148 valence electrons. The molecule has 0 aromatic heterocycles. The average Bonchev–Trinajstić information content (AvgIpc) is 3.07. The number of nitrogens with one attached hydrogen (secondary N) is 1. The maximum Gasteiger partial charge on any atom is 0.347 e. The van der Waals surface area contributed by atoms with Gasteiger partial charge in [0.05, 0.1) is 19.3 Å². The quantitative estimate of drug-likeness (QED) is 0.735. The predicted octanol–water partition coefficient (Wildman–Crippen LogP) is 2.28. The number of anilines is 1. The van der Waals surface area contributed by atoms with Crippen LogP contribution in [-0.2, 0) is 24.3 Å². The van der Waals surface area contributed by atoms with Gasteiger partial charge in [-0.1, -0.05) is 17.7 Å². The molecule has 1 atom stereocenters. The minimum absolute atomic E-state index is 0.0234. The van der Waals surface area contributed by atoms with E-state index in [1.54, 1.807) is 24.3 Å². The third-order valence-electron chi connectivity index (χ3n) is 4.13. The van der Waals surface area contributed by atoms with Crippen LogP contribution >= 0.6 is 0 Å². The number of hydrogen-bond acceptors (Lipinski definition) is 7. The molecule has 0 spiro atoms. The fraction of sp³-hybridized carbons (Fsp3) is 0.263. The summed E-state index contributed by atoms with van der Waals surface area (Å²) in [6.45, 7) is 2.07. The molecule has 1 heterocycles. The Bertz CT molecular complexity index is 999. The molecule has 0 amide bonds. The summed E-state index contributed by atoms with van der Waals surface area (Å²) >= 11 is 0. The molecule has 1 fully saturated rings. The first kappa shape index (κ1) is 19.7. The van der Waals surface area contributed by atoms with E-state index in [0.29, 0.717) is 5.69 Å². The molecule has 0 aliphatic carbocycles. The molecule has 0 saturated carbocycles. The monoisotopic (exact) mass is 405 g/mol. The van der Waals surface area contributed by atoms with E-state index >= 15 is 0 Å². The number of carbonyl (C=O) groups excluding carboxylic acids is 2. The highest BCUT2D eigenvalue weighted by Crippen LogP contribution is 2.28. The van der Waals surface area contributed by atoms with Gasteiger partial charge >= 0.3 is 11.9 Å². The number of esters is 2. The zero-order valence-corrected chi connectivity index (χ0v) is 16.1. The van der Waals surface area contributed by atoms with Crippen molar-refractivity contribution in [3.63, 3.8) is 0 Å². The van der Waals surface area contributed by atoms with E-state index in [-0.39, 0.29) is 29.2 Å². The molecule has 2 aromatic carbocycles. The van der Waals surface area contributed by atoms with Crippen molar-refractivity contribution in [3.8, 4) is 5.75 Å². The van der Waals surface area contributed by atoms with Crippen LogP contribution in [0.25, 0.3) is 0 Å². The number of methoxy groups -OCH3 is 1. The van der Waals surface area contributed by atoms with E-state index in [0.717, 1.165) is 11.6 Å². The van der Waals surface area contributed by atoms with Crippen molar-refractivity contribution in [2.75, 3.05) is 18.4 Å². The highest BCUT2D eigenvalue weighted by molar-refractivity contribution is 7.92. The van der Waals surface area contributed by atoms with E-state index < -0.39 is 28.1 Å². The van der Waals surface area contributed by atoms with E-state index in [2.05, 4.69) is 4.72 Å². The van der Waals surface area contributed by atoms with Crippen LogP contribution in [0.1, 0.15) is 22.3 Å². The lowest BCUT2D eigenvalue weighted by Gasteiger charge is -2.14. The molecule has 1 aliphatic heterocycles. The van der Waals surface area contributed by atoms with Gasteiger partial charge in [0.15, 0.2) is 0 Å². The molecule has 1 N–H and O–H groups in total. The minimum Gasteiger partial charge on any atom is -0.495 e. The second-order valence-corrected chi connectivity index (χ2v) is 7.84. The van der Waals surface area contributed by atoms with Crippen molar-refractivity contribution in [2.45, 2.75) is 24.3 Å². The summed E-state index contributed by atoms with van der Waals surface area (Å²) in [6.07, 6.45) is -0.721. The van der Waals surface area contributed by atoms with Gasteiger partial charge in [-0.05, 0) is 37.3 Å². The fourth-order valence-electron chi connectivity index (χ4n) is 2.63. The summed E-state index contributed by atoms with van der Waals surface area (Å²) in [5.41, 5.74) is 1.33. The van der Waals surface area contributed by atoms with Gasteiger partial charge in [0.1, 0.15) is 10.6 Å². The molecular weight excluding hydrogens is 386 g/mol. The van der Waals surface area contributed by atoms with Crippen LogP contribution in [0.15, 0.2) is 47.4 Å². The number of rotatable bonds is 6. The lowest BCUT2D eigenvalue weighted by Crippen LogP contribution is -2.23. The largest absolute Gasteiger partial charge is 0.495 e. The molecule has 1 aliphatic rings. The first-order chi connectivity index (χ1) is 13.3. The SMILES string of the molecule is COc1ccc(C(=O)O[C@H]2CCOC2=O)cc1S(=O)(=O)Nc1ccc(C)cc1. The van der Waals surface area contributed by atoms with Crippen molar-refractivity contribution < 1.29 is 32.2 Å². The molecule has 0 unspecified atom stereocenters. The van der Waals surface area contributed by atoms with Crippen LogP contribution in [0.2, 0.25) is 0 Å². The van der Waals surface area contributed by atoms with E-state index in [4.69, 9.17) is 14.2 Å². The zero-order valence-electron chi connectivity index (χ0n) is 15.3. The molecule has 8 nitrogen and oxygen atoms in total. The van der Waals surface area contributed by atoms with E-state index in [1.165, 1.54) is 19.2 Å². The fourth-order valence-corrected chi connectivity index (χ4v) is 3.88. The Kier molecular flexibility index (Phi) is 5.55. The summed E-state index contributed by atoms with van der Waals surface area (Å²) in [6, 6.07) is 10.7. The highest BCUT2D eigenvalue weighted by atomic mass is 32.2. The molecule has 1 saturated heterocycles. The van der Waals surface area contributed by atoms with Crippen LogP contribution in [0, 0.1) is 6.92 Å². The molecule has 9 heteroatoms. The molecule has 2 aromatic rings. The Balaban J connectivity index is 1.88. The molecule has 0 radical (unpaired) electrons. The van der Waals surface area contributed by atoms with Gasteiger partial charge in [-0.3, -0.25) is 4.72 Å². The Morgan fingerprint density at radius 1 is 1.18 bits per heavy atom. The van der Waals surface area contributed by atoms with Crippen molar-refractivity contribution in [1.82, 2.24) is 0 Å². The third-order valence-corrected chi connectivity index (χ3v) is 5.53. The first-order valence-electron chi connectivity index (χ1n) is 8.45. The topological polar surface area (TPSA) is 108 Å². The maximum absolute atomic E-state index is 12.8. The zero-order chi connectivity index (χ0) is 20.3. The van der Waals surface area contributed by atoms with Crippen LogP contribution < -0.4 is 9.46 Å². The predicted molar refractivity (Wildman–Crippen MR) is 99.8 cm³/mol. The van der Waals surface area contributed by atoms with Gasteiger partial charge in [0.2, 0.25) is 6.10 Å². The van der Waals surface area contributed by atoms with Crippen molar-refractivity contribution in [3.05, 3.63) is 53.6 Å². The van der Waals surface area contributed by atoms with Gasteiger partial charge in [0, 0.05) is 12.1 Å². The number of cyclic esters (lactones) is 1. The van der Waals surface area contributed by atoms with Gasteiger partial charge in [-0.25, -0.2) is 18.0 Å². The van der Waals surface area contributed by atoms with Crippen LogP contribution in [0.4, 0.5) is 5.69 Å². The van der Waals surface area contributed by atoms with Gasteiger partial charge in [-0.2, -0.15) is 0 Å². The van der Waals surface area contributed by atoms with Crippen LogP contribution in [0.3, 0.4) is 0 Å². The summed E-state index contributed by atoms with van der Waals surface area (Å²) < 4.78 is 43.1. The van der Waals surface area contributed by atoms with Gasteiger partial charge in [0.25, 0.3) is 10.0 Å². The van der Waals surface area contributed by atoms with Crippen LogP contribution in [-0.4, -0.2) is 40.2 Å². The minimum atomic E-state index is -4.04. The standard InChI is InChI=1S/C19H19NO7S/c1-12-3-6-14(7-4-12)20-28(23,24)17-11-13(5-8-15(17)25-2)18(21)27-16-9-10-26-19(16)22/h3-8,11,16,20H,9-10H2,1-2H3/t16-/m0/s1. The van der Waals surface area contributed by atoms with Crippen LogP contribution in [0.5, 0.6) is 5.75 Å². The third kappa shape index (κ3) is 4.25. The second kappa shape index (κ2) is 7.89. The number of benzene rings is 2. The van der Waals surface area contributed by atoms with Gasteiger partial charge in [-0.15, -0.1) is 0 Å². The normalized spacial score (nSPS) is 16.4. The Morgan fingerprint density at radius 3 is 2.50 bits per heavy atom. The Morgan fingerprint density at radius 2 is 1.89 bits per heavy atom. The molecule has 0 bridgehead atoms. The number of aryl methyl sites for hydroxylation is 1. The summed E-state index contributed by atoms with van der Waals surface area (Å²) in [7, 11) is -2.71. The lowest BCUT2D eigenvalue weighted by atomic mass is 10.2. The van der Waals surface area contributed by atoms with Crippen molar-refractivity contribution in [2.24, 2.45) is 0 Å². The lowest BCUT2D eigenvalue weighted by molar-refractivity contribution is -0.145. The number of carbonyl (C=O) groups is 2. The van der Waals surface area contributed by atoms with Crippen molar-refractivity contribution >= 4 is 27.6 Å². The van der Waals surface area contributed by atoms with Gasteiger partial charge < -0.3 is 14.2 Å². The summed E-state index contributed by atoms with van der Waals surface area (Å²) in [5.74, 6) is -1.37. The molecule has 3 rings (SSSR count). The number of sulfonamides is 1. The molecule has 28 heavy (non-hydrogen) atoms. The van der Waals surface area contributed by atoms with E-state index in [9.17, 15) is 18.0 Å².